The van der Waals surface area contributed by atoms with Gasteiger partial charge in [-0.15, -0.1) is 0 Å². The molecule has 0 radical (unpaired) electrons. The fourth-order valence-electron chi connectivity index (χ4n) is 3.30. The van der Waals surface area contributed by atoms with E-state index in [1.807, 2.05) is 44.2 Å². The first kappa shape index (κ1) is 19.2. The van der Waals surface area contributed by atoms with E-state index >= 15 is 0 Å². The molecule has 0 fully saturated rings. The molecule has 1 N–H and O–H groups in total. The van der Waals surface area contributed by atoms with E-state index in [1.165, 1.54) is 0 Å². The number of aromatic nitrogens is 3. The van der Waals surface area contributed by atoms with Gasteiger partial charge < -0.3 is 19.2 Å². The number of aromatic amines is 1. The zero-order chi connectivity index (χ0) is 20.5. The van der Waals surface area contributed by atoms with Crippen molar-refractivity contribution in [2.45, 2.75) is 26.9 Å². The minimum absolute atomic E-state index is 0.0140. The Morgan fingerprint density at radius 3 is 2.66 bits per heavy atom. The van der Waals surface area contributed by atoms with Gasteiger partial charge in [-0.2, -0.15) is 8.75 Å². The summed E-state index contributed by atoms with van der Waals surface area (Å²) in [4.78, 5) is 15.9. The lowest BCUT2D eigenvalue weighted by Gasteiger charge is -2.14. The molecular formula is C21H21N3O4S. The first-order valence-electron chi connectivity index (χ1n) is 9.32. The van der Waals surface area contributed by atoms with Gasteiger partial charge in [0, 0.05) is 17.0 Å². The van der Waals surface area contributed by atoms with Crippen molar-refractivity contribution >= 4 is 39.6 Å². The normalized spacial score (nSPS) is 11.3. The topological polar surface area (TPSA) is 86.3 Å². The molecule has 2 aromatic carbocycles. The number of methoxy groups -OCH3 is 1. The van der Waals surface area contributed by atoms with Gasteiger partial charge in [0.05, 0.1) is 37.1 Å². The monoisotopic (exact) mass is 411 g/mol. The Labute approximate surface area is 171 Å². The highest BCUT2D eigenvalue weighted by molar-refractivity contribution is 7.00. The number of fused-ring (bicyclic) bond motifs is 2. The van der Waals surface area contributed by atoms with Crippen molar-refractivity contribution in [2.24, 2.45) is 0 Å². The van der Waals surface area contributed by atoms with Crippen LogP contribution in [0.5, 0.6) is 11.5 Å². The van der Waals surface area contributed by atoms with Crippen LogP contribution in [0.25, 0.3) is 33.1 Å². The van der Waals surface area contributed by atoms with Gasteiger partial charge in [-0.25, -0.2) is 4.79 Å². The number of carbonyl (C=O) groups excluding carboxylic acids is 1. The Balaban J connectivity index is 1.98. The third-order valence-corrected chi connectivity index (χ3v) is 5.02. The number of benzene rings is 2. The van der Waals surface area contributed by atoms with Gasteiger partial charge in [0.1, 0.15) is 16.7 Å². The number of hydrogen-bond donors (Lipinski definition) is 1. The molecule has 0 amide bonds. The summed E-state index contributed by atoms with van der Waals surface area (Å²) in [5.41, 5.74) is 4.33. The summed E-state index contributed by atoms with van der Waals surface area (Å²) in [6, 6.07) is 9.49. The minimum Gasteiger partial charge on any atom is -0.493 e. The van der Waals surface area contributed by atoms with Crippen molar-refractivity contribution in [3.63, 3.8) is 0 Å². The zero-order valence-corrected chi connectivity index (χ0v) is 17.4. The van der Waals surface area contributed by atoms with Crippen molar-refractivity contribution in [3.05, 3.63) is 36.0 Å². The highest BCUT2D eigenvalue weighted by Gasteiger charge is 2.23. The van der Waals surface area contributed by atoms with Crippen LogP contribution in [0.4, 0.5) is 0 Å². The first-order chi connectivity index (χ1) is 14.0. The van der Waals surface area contributed by atoms with E-state index in [-0.39, 0.29) is 12.7 Å². The number of nitrogens with zero attached hydrogens (tertiary/aromatic N) is 2. The van der Waals surface area contributed by atoms with Crippen LogP contribution in [0, 0.1) is 0 Å². The molecule has 4 aromatic rings. The summed E-state index contributed by atoms with van der Waals surface area (Å²) < 4.78 is 25.3. The lowest BCUT2D eigenvalue weighted by atomic mass is 10.0. The molecule has 29 heavy (non-hydrogen) atoms. The smallest absolute Gasteiger partial charge is 0.355 e. The molecule has 0 aliphatic heterocycles. The van der Waals surface area contributed by atoms with E-state index < -0.39 is 5.97 Å². The Kier molecular flexibility index (Phi) is 5.10. The van der Waals surface area contributed by atoms with Gasteiger partial charge in [0.2, 0.25) is 0 Å². The fraction of sp³-hybridized carbons (Fsp3) is 0.286. The molecule has 0 atom stereocenters. The molecule has 7 nitrogen and oxygen atoms in total. The molecule has 0 aliphatic rings. The number of H-pyrrole nitrogens is 1. The summed E-state index contributed by atoms with van der Waals surface area (Å²) in [5, 5.41) is 0.837. The molecule has 8 heteroatoms. The van der Waals surface area contributed by atoms with E-state index in [9.17, 15) is 4.79 Å². The Hall–Kier alpha value is -3.13. The fourth-order valence-corrected chi connectivity index (χ4v) is 3.82. The van der Waals surface area contributed by atoms with Crippen molar-refractivity contribution in [1.29, 1.82) is 0 Å². The minimum atomic E-state index is -0.416. The maximum atomic E-state index is 12.7. The predicted octanol–water partition coefficient (Wildman–Crippen LogP) is 4.81. The number of carbonyl (C=O) groups is 1. The number of nitrogens with one attached hydrogen (secondary N) is 1. The van der Waals surface area contributed by atoms with Crippen LogP contribution in [0.1, 0.15) is 31.3 Å². The van der Waals surface area contributed by atoms with Gasteiger partial charge in [0.25, 0.3) is 0 Å². The van der Waals surface area contributed by atoms with Crippen LogP contribution < -0.4 is 9.47 Å². The quantitative estimate of drug-likeness (QED) is 0.458. The van der Waals surface area contributed by atoms with Crippen LogP contribution in [0.2, 0.25) is 0 Å². The van der Waals surface area contributed by atoms with Crippen LogP contribution in [0.15, 0.2) is 30.3 Å². The van der Waals surface area contributed by atoms with E-state index in [2.05, 4.69) is 13.7 Å². The van der Waals surface area contributed by atoms with Crippen LogP contribution in [0.3, 0.4) is 0 Å². The lowest BCUT2D eigenvalue weighted by Crippen LogP contribution is -2.06. The zero-order valence-electron chi connectivity index (χ0n) is 16.6. The predicted molar refractivity (Wildman–Crippen MR) is 113 cm³/mol. The highest BCUT2D eigenvalue weighted by atomic mass is 32.1. The van der Waals surface area contributed by atoms with Gasteiger partial charge in [-0.3, -0.25) is 0 Å². The molecule has 150 valence electrons. The molecule has 0 saturated heterocycles. The molecule has 0 bridgehead atoms. The second kappa shape index (κ2) is 7.71. The van der Waals surface area contributed by atoms with Crippen molar-refractivity contribution in [1.82, 2.24) is 13.7 Å². The Bertz CT molecular complexity index is 1200. The molecule has 2 heterocycles. The third kappa shape index (κ3) is 3.51. The van der Waals surface area contributed by atoms with Gasteiger partial charge in [-0.1, -0.05) is 6.07 Å². The SMILES string of the molecule is CCOC(=O)c1[nH]c2cc(OC(C)C)c(OC)cc2c1-c1ccc2nsnc2c1. The molecule has 0 aliphatic carbocycles. The summed E-state index contributed by atoms with van der Waals surface area (Å²) >= 11 is 1.16. The van der Waals surface area contributed by atoms with Crippen molar-refractivity contribution in [3.8, 4) is 22.6 Å². The standard InChI is InChI=1S/C21H21N3O4S/c1-5-27-21(25)20-19(12-6-7-14-16(8-12)24-29-23-14)13-9-17(26-4)18(28-11(2)3)10-15(13)22-20/h6-11,22H,5H2,1-4H3. The van der Waals surface area contributed by atoms with E-state index in [1.54, 1.807) is 14.0 Å². The van der Waals surface area contributed by atoms with E-state index in [0.29, 0.717) is 17.2 Å². The lowest BCUT2D eigenvalue weighted by molar-refractivity contribution is 0.0521. The Morgan fingerprint density at radius 2 is 1.93 bits per heavy atom. The summed E-state index contributed by atoms with van der Waals surface area (Å²) in [7, 11) is 1.60. The Morgan fingerprint density at radius 1 is 1.14 bits per heavy atom. The molecule has 0 spiro atoms. The summed E-state index contributed by atoms with van der Waals surface area (Å²) in [6.07, 6.45) is -0.0140. The molecule has 0 saturated carbocycles. The molecule has 4 rings (SSSR count). The number of hydrogen-bond acceptors (Lipinski definition) is 7. The molecule has 2 aromatic heterocycles. The van der Waals surface area contributed by atoms with E-state index in [0.717, 1.165) is 44.8 Å². The third-order valence-electron chi connectivity index (χ3n) is 4.47. The molecular weight excluding hydrogens is 390 g/mol. The average Bonchev–Trinajstić information content (AvgIpc) is 3.30. The summed E-state index contributed by atoms with van der Waals surface area (Å²) in [5.74, 6) is 0.788. The van der Waals surface area contributed by atoms with Gasteiger partial charge in [-0.05, 0) is 44.5 Å². The largest absolute Gasteiger partial charge is 0.493 e. The number of esters is 1. The highest BCUT2D eigenvalue weighted by Crippen LogP contribution is 2.40. The van der Waals surface area contributed by atoms with Crippen molar-refractivity contribution in [2.75, 3.05) is 13.7 Å². The first-order valence-corrected chi connectivity index (χ1v) is 10.0. The molecule has 0 unspecified atom stereocenters. The van der Waals surface area contributed by atoms with Gasteiger partial charge in [0.15, 0.2) is 11.5 Å². The summed E-state index contributed by atoms with van der Waals surface area (Å²) in [6.45, 7) is 5.97. The van der Waals surface area contributed by atoms with Crippen LogP contribution in [-0.4, -0.2) is 39.5 Å². The number of rotatable bonds is 6. The van der Waals surface area contributed by atoms with Crippen LogP contribution >= 0.6 is 11.7 Å². The average molecular weight is 411 g/mol. The second-order valence-electron chi connectivity index (χ2n) is 6.78. The van der Waals surface area contributed by atoms with Crippen LogP contribution in [-0.2, 0) is 4.74 Å². The van der Waals surface area contributed by atoms with Gasteiger partial charge >= 0.3 is 5.97 Å². The second-order valence-corrected chi connectivity index (χ2v) is 7.31. The maximum Gasteiger partial charge on any atom is 0.355 e. The maximum absolute atomic E-state index is 12.7. The van der Waals surface area contributed by atoms with E-state index in [4.69, 9.17) is 14.2 Å². The van der Waals surface area contributed by atoms with Crippen molar-refractivity contribution < 1.29 is 19.0 Å². The number of ether oxygens (including phenoxy) is 3.